The average molecular weight is 200 g/mol. The van der Waals surface area contributed by atoms with E-state index >= 15 is 0 Å². The minimum atomic E-state index is 0.491. The van der Waals surface area contributed by atoms with Crippen LogP contribution in [-0.2, 0) is 6.54 Å². The Morgan fingerprint density at radius 2 is 2.13 bits per heavy atom. The zero-order valence-corrected chi connectivity index (χ0v) is 8.63. The van der Waals surface area contributed by atoms with E-state index in [9.17, 15) is 0 Å². The summed E-state index contributed by atoms with van der Waals surface area (Å²) in [5.41, 5.74) is 1.31. The third-order valence-corrected chi connectivity index (χ3v) is 2.50. The van der Waals surface area contributed by atoms with E-state index in [4.69, 9.17) is 5.26 Å². The Morgan fingerprint density at radius 1 is 1.33 bits per heavy atom. The maximum atomic E-state index is 8.57. The van der Waals surface area contributed by atoms with Gasteiger partial charge in [-0.05, 0) is 5.56 Å². The maximum Gasteiger partial charge on any atom is 0.235 e. The Kier molecular flexibility index (Phi) is 2.99. The number of nitrogens with zero attached hydrogens (tertiary/aromatic N) is 3. The molecule has 1 aliphatic rings. The highest BCUT2D eigenvalue weighted by molar-refractivity contribution is 5.50. The molecular weight excluding hydrogens is 186 g/mol. The van der Waals surface area contributed by atoms with Gasteiger partial charge in [-0.3, -0.25) is 9.48 Å². The molecule has 76 valence electrons. The zero-order chi connectivity index (χ0) is 10.5. The monoisotopic (exact) mass is 200 g/mol. The molecule has 0 amide bonds. The van der Waals surface area contributed by atoms with Crippen LogP contribution >= 0.6 is 0 Å². The van der Waals surface area contributed by atoms with Gasteiger partial charge in [-0.1, -0.05) is 30.3 Å². The van der Waals surface area contributed by atoms with E-state index < -0.39 is 0 Å². The molecule has 0 fully saturated rings. The first-order valence-electron chi connectivity index (χ1n) is 5.12. The molecule has 1 aromatic rings. The van der Waals surface area contributed by atoms with Crippen LogP contribution in [0.25, 0.3) is 0 Å². The zero-order valence-electron chi connectivity index (χ0n) is 8.63. The molecule has 2 rings (SSSR count). The fourth-order valence-corrected chi connectivity index (χ4v) is 1.75. The molecule has 15 heavy (non-hydrogen) atoms. The average Bonchev–Trinajstić information content (AvgIpc) is 2.68. The van der Waals surface area contributed by atoms with Crippen LogP contribution in [0.5, 0.6) is 0 Å². The summed E-state index contributed by atoms with van der Waals surface area (Å²) in [5.74, 6) is 0. The van der Waals surface area contributed by atoms with Gasteiger partial charge in [0.2, 0.25) is 6.34 Å². The molecule has 0 aromatic heterocycles. The molecule has 0 unspecified atom stereocenters. The Hall–Kier alpha value is -1.82. The molecule has 0 bridgehead atoms. The third kappa shape index (κ3) is 2.57. The van der Waals surface area contributed by atoms with Gasteiger partial charge in [-0.15, -0.1) is 0 Å². The van der Waals surface area contributed by atoms with E-state index in [1.807, 2.05) is 11.0 Å². The highest BCUT2D eigenvalue weighted by atomic mass is 15.3. The Morgan fingerprint density at radius 3 is 2.87 bits per heavy atom. The van der Waals surface area contributed by atoms with E-state index in [-0.39, 0.29) is 0 Å². The van der Waals surface area contributed by atoms with Gasteiger partial charge in [-0.2, -0.15) is 5.26 Å². The number of nitriles is 1. The molecule has 0 radical (unpaired) electrons. The molecule has 3 heteroatoms. The van der Waals surface area contributed by atoms with Crippen molar-refractivity contribution in [1.29, 1.82) is 5.26 Å². The lowest BCUT2D eigenvalue weighted by Gasteiger charge is -1.99. The smallest absolute Gasteiger partial charge is 0.235 e. The van der Waals surface area contributed by atoms with Gasteiger partial charge in [0, 0.05) is 0 Å². The van der Waals surface area contributed by atoms with Crippen molar-refractivity contribution < 1.29 is 4.58 Å². The van der Waals surface area contributed by atoms with Gasteiger partial charge in [0.25, 0.3) is 0 Å². The largest absolute Gasteiger partial charge is 0.260 e. The molecular formula is C12H14N3+. The molecule has 0 saturated carbocycles. The summed E-state index contributed by atoms with van der Waals surface area (Å²) in [6.07, 6.45) is 2.05. The van der Waals surface area contributed by atoms with E-state index in [0.717, 1.165) is 19.6 Å². The van der Waals surface area contributed by atoms with Crippen LogP contribution in [0.1, 0.15) is 5.56 Å². The van der Waals surface area contributed by atoms with Crippen molar-refractivity contribution in [1.82, 2.24) is 4.90 Å². The number of hydrogen-bond donors (Lipinski definition) is 0. The molecule has 0 aliphatic carbocycles. The second-order valence-corrected chi connectivity index (χ2v) is 3.70. The molecule has 1 heterocycles. The first-order chi connectivity index (χ1) is 7.38. The Balaban J connectivity index is 1.97. The van der Waals surface area contributed by atoms with Crippen molar-refractivity contribution in [3.05, 3.63) is 35.9 Å². The molecule has 0 atom stereocenters. The van der Waals surface area contributed by atoms with E-state index in [2.05, 4.69) is 41.2 Å². The number of rotatable bonds is 3. The summed E-state index contributed by atoms with van der Waals surface area (Å²) in [7, 11) is 0. The molecule has 1 aliphatic heterocycles. The summed E-state index contributed by atoms with van der Waals surface area (Å²) in [6, 6.07) is 12.5. The van der Waals surface area contributed by atoms with Crippen molar-refractivity contribution in [3.63, 3.8) is 0 Å². The van der Waals surface area contributed by atoms with Crippen molar-refractivity contribution >= 4 is 6.34 Å². The van der Waals surface area contributed by atoms with Crippen LogP contribution in [0, 0.1) is 11.3 Å². The second-order valence-electron chi connectivity index (χ2n) is 3.70. The normalized spacial score (nSPS) is 14.9. The van der Waals surface area contributed by atoms with E-state index in [1.54, 1.807) is 0 Å². The van der Waals surface area contributed by atoms with Gasteiger partial charge >= 0.3 is 0 Å². The predicted molar refractivity (Wildman–Crippen MR) is 58.5 cm³/mol. The minimum absolute atomic E-state index is 0.491. The SMILES string of the molecule is N#CCN1C=[N+](Cc2ccccc2)CC1. The van der Waals surface area contributed by atoms with Crippen LogP contribution in [0.3, 0.4) is 0 Å². The van der Waals surface area contributed by atoms with Gasteiger partial charge in [0.15, 0.2) is 6.54 Å². The third-order valence-electron chi connectivity index (χ3n) is 2.50. The number of hydrogen-bond acceptors (Lipinski definition) is 2. The summed E-state index contributed by atoms with van der Waals surface area (Å²) >= 11 is 0. The Labute approximate surface area is 89.9 Å². The van der Waals surface area contributed by atoms with E-state index in [1.165, 1.54) is 5.56 Å². The van der Waals surface area contributed by atoms with Crippen molar-refractivity contribution in [2.75, 3.05) is 19.6 Å². The van der Waals surface area contributed by atoms with Gasteiger partial charge < -0.3 is 0 Å². The quantitative estimate of drug-likeness (QED) is 0.539. The van der Waals surface area contributed by atoms with Gasteiger partial charge in [-0.25, -0.2) is 0 Å². The lowest BCUT2D eigenvalue weighted by molar-refractivity contribution is -0.530. The maximum absolute atomic E-state index is 8.57. The van der Waals surface area contributed by atoms with Gasteiger partial charge in [0.05, 0.1) is 0 Å². The summed E-state index contributed by atoms with van der Waals surface area (Å²) in [5, 5.41) is 8.57. The fraction of sp³-hybridized carbons (Fsp3) is 0.333. The lowest BCUT2D eigenvalue weighted by atomic mass is 10.2. The fourth-order valence-electron chi connectivity index (χ4n) is 1.75. The van der Waals surface area contributed by atoms with Crippen molar-refractivity contribution in [2.24, 2.45) is 0 Å². The molecule has 3 nitrogen and oxygen atoms in total. The van der Waals surface area contributed by atoms with E-state index in [0.29, 0.717) is 6.54 Å². The van der Waals surface area contributed by atoms with Crippen molar-refractivity contribution in [3.8, 4) is 6.07 Å². The van der Waals surface area contributed by atoms with Crippen molar-refractivity contribution in [2.45, 2.75) is 6.54 Å². The molecule has 0 spiro atoms. The molecule has 0 N–H and O–H groups in total. The van der Waals surface area contributed by atoms with Crippen LogP contribution < -0.4 is 0 Å². The van der Waals surface area contributed by atoms with Crippen LogP contribution in [-0.4, -0.2) is 35.4 Å². The van der Waals surface area contributed by atoms with Crippen LogP contribution in [0.4, 0.5) is 0 Å². The van der Waals surface area contributed by atoms with Gasteiger partial charge in [0.1, 0.15) is 25.7 Å². The topological polar surface area (TPSA) is 30.0 Å². The summed E-state index contributed by atoms with van der Waals surface area (Å²) in [4.78, 5) is 2.04. The standard InChI is InChI=1S/C12H14N3/c13-6-7-14-8-9-15(11-14)10-12-4-2-1-3-5-12/h1-5,11H,7-10H2/q+1. The first-order valence-corrected chi connectivity index (χ1v) is 5.12. The summed E-state index contributed by atoms with van der Waals surface area (Å²) in [6.45, 7) is 3.39. The Bertz CT molecular complexity index is 389. The van der Waals surface area contributed by atoms with Crippen LogP contribution in [0.15, 0.2) is 30.3 Å². The molecule has 1 aromatic carbocycles. The number of benzene rings is 1. The highest BCUT2D eigenvalue weighted by Crippen LogP contribution is 2.03. The summed E-state index contributed by atoms with van der Waals surface area (Å²) < 4.78 is 2.24. The van der Waals surface area contributed by atoms with Crippen LogP contribution in [0.2, 0.25) is 0 Å². The predicted octanol–water partition coefficient (Wildman–Crippen LogP) is 1.07. The highest BCUT2D eigenvalue weighted by Gasteiger charge is 2.18. The lowest BCUT2D eigenvalue weighted by Crippen LogP contribution is -2.19. The molecule has 0 saturated heterocycles. The second kappa shape index (κ2) is 4.61. The first kappa shape index (κ1) is 9.72. The minimum Gasteiger partial charge on any atom is -0.260 e.